The van der Waals surface area contributed by atoms with Crippen LogP contribution >= 0.6 is 0 Å². The van der Waals surface area contributed by atoms with Crippen molar-refractivity contribution in [3.8, 4) is 22.6 Å². The molecule has 0 aliphatic carbocycles. The Bertz CT molecular complexity index is 1470. The molecule has 0 saturated carbocycles. The summed E-state index contributed by atoms with van der Waals surface area (Å²) in [6.45, 7) is -3.20. The Kier molecular flexibility index (Phi) is 6.46. The van der Waals surface area contributed by atoms with E-state index < -0.39 is 32.1 Å². The highest BCUT2D eigenvalue weighted by atomic mass is 16.5. The molecule has 10 heteroatoms. The van der Waals surface area contributed by atoms with E-state index in [2.05, 4.69) is 44.3 Å². The molecule has 2 aromatic heterocycles. The standard InChI is InChI=1S/C28H41N7O3/c1-8-35(9-2)13-11-10-12-29-26-30-18-20-16-23(19-14-21(37-6)17-22(15-19)38-7)25(31-24(20)32-26)33-27(36)34-28(3,4)5/h14-18H,8-13H2,1-7H3,(H3,29,30,31,32,33,34,36)/i3D3,4D3,5D3. The van der Waals surface area contributed by atoms with Gasteiger partial charge in [0.1, 0.15) is 17.3 Å². The molecule has 10 nitrogen and oxygen atoms in total. The number of urea groups is 1. The van der Waals surface area contributed by atoms with Crippen LogP contribution in [0.4, 0.5) is 16.6 Å². The van der Waals surface area contributed by atoms with Gasteiger partial charge in [0.25, 0.3) is 0 Å². The number of pyridine rings is 1. The second kappa shape index (κ2) is 13.2. The molecule has 3 aromatic rings. The monoisotopic (exact) mass is 532 g/mol. The molecule has 0 radical (unpaired) electrons. The first-order valence-corrected chi connectivity index (χ1v) is 12.4. The average Bonchev–Trinajstić information content (AvgIpc) is 2.99. The highest BCUT2D eigenvalue weighted by Crippen LogP contribution is 2.35. The van der Waals surface area contributed by atoms with E-state index in [0.717, 1.165) is 32.5 Å². The summed E-state index contributed by atoms with van der Waals surface area (Å²) < 4.78 is 81.3. The summed E-state index contributed by atoms with van der Waals surface area (Å²) in [5.74, 6) is 0.908. The molecule has 0 fully saturated rings. The van der Waals surface area contributed by atoms with E-state index in [4.69, 9.17) is 21.8 Å². The van der Waals surface area contributed by atoms with Crippen molar-refractivity contribution in [1.29, 1.82) is 0 Å². The highest BCUT2D eigenvalue weighted by Gasteiger charge is 2.18. The number of carbonyl (C=O) groups excluding carboxylic acids is 1. The second-order valence-electron chi connectivity index (χ2n) is 8.58. The molecule has 38 heavy (non-hydrogen) atoms. The van der Waals surface area contributed by atoms with Crippen molar-refractivity contribution >= 4 is 28.8 Å². The normalized spacial score (nSPS) is 16.0. The Balaban J connectivity index is 2.06. The molecular weight excluding hydrogens is 482 g/mol. The van der Waals surface area contributed by atoms with Crippen LogP contribution in [0.15, 0.2) is 30.5 Å². The van der Waals surface area contributed by atoms with Gasteiger partial charge in [0.05, 0.1) is 14.2 Å². The first-order valence-electron chi connectivity index (χ1n) is 16.9. The van der Waals surface area contributed by atoms with Crippen LogP contribution in [0.2, 0.25) is 0 Å². The number of nitrogens with one attached hydrogen (secondary N) is 3. The number of fused-ring (bicyclic) bond motifs is 1. The smallest absolute Gasteiger partial charge is 0.320 e. The van der Waals surface area contributed by atoms with Gasteiger partial charge in [-0.1, -0.05) is 13.8 Å². The van der Waals surface area contributed by atoms with Crippen molar-refractivity contribution in [1.82, 2.24) is 25.2 Å². The van der Waals surface area contributed by atoms with Crippen LogP contribution in [-0.4, -0.2) is 71.8 Å². The fourth-order valence-corrected chi connectivity index (χ4v) is 3.84. The van der Waals surface area contributed by atoms with Gasteiger partial charge in [-0.25, -0.2) is 14.8 Å². The fraction of sp³-hybridized carbons (Fsp3) is 0.500. The van der Waals surface area contributed by atoms with Gasteiger partial charge < -0.3 is 25.0 Å². The molecule has 0 atom stereocenters. The Morgan fingerprint density at radius 3 is 2.37 bits per heavy atom. The molecule has 2 amide bonds. The molecule has 3 N–H and O–H groups in total. The van der Waals surface area contributed by atoms with Crippen LogP contribution in [-0.2, 0) is 0 Å². The van der Waals surface area contributed by atoms with Crippen LogP contribution < -0.4 is 25.4 Å². The van der Waals surface area contributed by atoms with Crippen molar-refractivity contribution in [2.75, 3.05) is 51.0 Å². The first-order chi connectivity index (χ1) is 21.9. The minimum Gasteiger partial charge on any atom is -0.497 e. The number of ether oxygens (including phenoxy) is 2. The lowest BCUT2D eigenvalue weighted by atomic mass is 10.0. The number of aromatic nitrogens is 3. The largest absolute Gasteiger partial charge is 0.497 e. The van der Waals surface area contributed by atoms with E-state index in [1.165, 1.54) is 14.2 Å². The zero-order chi connectivity index (χ0) is 35.2. The van der Waals surface area contributed by atoms with Crippen molar-refractivity contribution in [2.45, 2.75) is 52.8 Å². The summed E-state index contributed by atoms with van der Waals surface area (Å²) in [5, 5.41) is 7.77. The topological polar surface area (TPSA) is 114 Å². The van der Waals surface area contributed by atoms with E-state index in [0.29, 0.717) is 29.0 Å². The predicted octanol–water partition coefficient (Wildman–Crippen LogP) is 5.16. The maximum Gasteiger partial charge on any atom is 0.320 e. The molecule has 0 unspecified atom stereocenters. The third-order valence-corrected chi connectivity index (χ3v) is 5.84. The van der Waals surface area contributed by atoms with Crippen molar-refractivity contribution in [2.24, 2.45) is 0 Å². The minimum atomic E-state index is -3.65. The molecule has 206 valence electrons. The van der Waals surface area contributed by atoms with Gasteiger partial charge >= 0.3 is 6.03 Å². The summed E-state index contributed by atoms with van der Waals surface area (Å²) >= 11 is 0. The van der Waals surface area contributed by atoms with Crippen LogP contribution in [0, 0.1) is 0 Å². The maximum atomic E-state index is 13.4. The van der Waals surface area contributed by atoms with Gasteiger partial charge in [-0.15, -0.1) is 0 Å². The second-order valence-corrected chi connectivity index (χ2v) is 8.58. The lowest BCUT2D eigenvalue weighted by molar-refractivity contribution is 0.243. The van der Waals surface area contributed by atoms with Crippen LogP contribution in [0.5, 0.6) is 11.5 Å². The number of carbonyl (C=O) groups is 1. The van der Waals surface area contributed by atoms with Gasteiger partial charge in [0, 0.05) is 47.6 Å². The molecule has 0 bridgehead atoms. The number of hydrogen-bond donors (Lipinski definition) is 3. The van der Waals surface area contributed by atoms with Gasteiger partial charge in [-0.3, -0.25) is 5.32 Å². The summed E-state index contributed by atoms with van der Waals surface area (Å²) in [6.07, 6.45) is 3.38. The summed E-state index contributed by atoms with van der Waals surface area (Å²) in [6, 6.07) is 5.07. The first kappa shape index (κ1) is 18.6. The summed E-state index contributed by atoms with van der Waals surface area (Å²) in [4.78, 5) is 29.1. The quantitative estimate of drug-likeness (QED) is 0.274. The number of nitrogens with zero attached hydrogens (tertiary/aromatic N) is 4. The van der Waals surface area contributed by atoms with E-state index >= 15 is 0 Å². The molecule has 1 aromatic carbocycles. The van der Waals surface area contributed by atoms with Crippen molar-refractivity contribution in [3.63, 3.8) is 0 Å². The van der Waals surface area contributed by atoms with Crippen LogP contribution in [0.3, 0.4) is 0 Å². The number of hydrogen-bond acceptors (Lipinski definition) is 8. The van der Waals surface area contributed by atoms with Crippen LogP contribution in [0.25, 0.3) is 22.2 Å². The Hall–Kier alpha value is -3.66. The molecule has 2 heterocycles. The third-order valence-electron chi connectivity index (χ3n) is 5.84. The predicted molar refractivity (Wildman–Crippen MR) is 153 cm³/mol. The van der Waals surface area contributed by atoms with E-state index in [-0.39, 0.29) is 23.0 Å². The number of amides is 2. The Morgan fingerprint density at radius 1 is 1.03 bits per heavy atom. The molecule has 0 aliphatic rings. The minimum absolute atomic E-state index is 0.147. The van der Waals surface area contributed by atoms with Gasteiger partial charge in [0.2, 0.25) is 5.95 Å². The lowest BCUT2D eigenvalue weighted by Gasteiger charge is -2.21. The van der Waals surface area contributed by atoms with Gasteiger partial charge in [0.15, 0.2) is 5.65 Å². The summed E-state index contributed by atoms with van der Waals surface area (Å²) in [7, 11) is 2.90. The van der Waals surface area contributed by atoms with E-state index in [1.807, 2.05) is 0 Å². The molecular formula is C28H41N7O3. The molecule has 0 spiro atoms. The zero-order valence-corrected chi connectivity index (χ0v) is 22.1. The van der Waals surface area contributed by atoms with Gasteiger partial charge in [-0.2, -0.15) is 4.98 Å². The number of rotatable bonds is 12. The van der Waals surface area contributed by atoms with Crippen molar-refractivity contribution in [3.05, 3.63) is 30.5 Å². The Labute approximate surface area is 238 Å². The number of unbranched alkanes of at least 4 members (excludes halogenated alkanes) is 1. The van der Waals surface area contributed by atoms with E-state index in [9.17, 15) is 4.79 Å². The maximum absolute atomic E-state index is 13.4. The van der Waals surface area contributed by atoms with Crippen LogP contribution in [0.1, 0.15) is 59.6 Å². The van der Waals surface area contributed by atoms with E-state index in [1.54, 1.807) is 35.8 Å². The lowest BCUT2D eigenvalue weighted by Crippen LogP contribution is -2.43. The molecule has 0 aliphatic heterocycles. The fourth-order valence-electron chi connectivity index (χ4n) is 3.84. The zero-order valence-electron chi connectivity index (χ0n) is 31.1. The highest BCUT2D eigenvalue weighted by molar-refractivity contribution is 5.96. The third kappa shape index (κ3) is 8.17. The summed E-state index contributed by atoms with van der Waals surface area (Å²) in [5.41, 5.74) is -2.74. The molecule has 3 rings (SSSR count). The number of methoxy groups -OCH3 is 2. The average molecular weight is 533 g/mol. The van der Waals surface area contributed by atoms with Crippen molar-refractivity contribution < 1.29 is 26.6 Å². The Morgan fingerprint density at radius 2 is 1.74 bits per heavy atom. The number of anilines is 2. The van der Waals surface area contributed by atoms with Gasteiger partial charge in [-0.05, 0) is 76.8 Å². The SMILES string of the molecule is [2H]C([2H])([2H])C(NC(=O)Nc1nc2nc(NCCCCN(CC)CC)ncc2cc1-c1cc(OC)cc(OC)c1)(C([2H])([2H])[2H])C([2H])([2H])[2H]. The number of benzene rings is 1. The molecule has 0 saturated heterocycles.